The number of methoxy groups -OCH3 is 1. The Kier molecular flexibility index (Phi) is 1.86. The maximum absolute atomic E-state index is 7.86. The van der Waals surface area contributed by atoms with Gasteiger partial charge in [0, 0.05) is 23.4 Å². The summed E-state index contributed by atoms with van der Waals surface area (Å²) in [5.41, 5.74) is 1.01. The van der Waals surface area contributed by atoms with Crippen molar-refractivity contribution in [2.75, 3.05) is 7.11 Å². The molecular weight excluding hydrogens is 176 g/mol. The van der Waals surface area contributed by atoms with Gasteiger partial charge in [0.05, 0.1) is 5.71 Å². The molecule has 1 unspecified atom stereocenters. The van der Waals surface area contributed by atoms with Crippen molar-refractivity contribution in [1.29, 1.82) is 5.41 Å². The second-order valence-corrected chi connectivity index (χ2v) is 3.83. The number of H-pyrrole nitrogens is 1. The van der Waals surface area contributed by atoms with Crippen molar-refractivity contribution in [1.82, 2.24) is 4.98 Å². The molecule has 0 amide bonds. The number of fused-ring (bicyclic) bond motifs is 1. The van der Waals surface area contributed by atoms with Crippen LogP contribution in [0.3, 0.4) is 0 Å². The lowest BCUT2D eigenvalue weighted by Crippen LogP contribution is -2.43. The summed E-state index contributed by atoms with van der Waals surface area (Å²) in [4.78, 5) is 3.24. The highest BCUT2D eigenvalue weighted by Crippen LogP contribution is 2.15. The van der Waals surface area contributed by atoms with Crippen molar-refractivity contribution in [3.63, 3.8) is 0 Å². The van der Waals surface area contributed by atoms with E-state index in [1.807, 2.05) is 32.1 Å². The van der Waals surface area contributed by atoms with Gasteiger partial charge in [-0.15, -0.1) is 0 Å². The summed E-state index contributed by atoms with van der Waals surface area (Å²) in [5, 5.41) is 9.97. The van der Waals surface area contributed by atoms with Crippen molar-refractivity contribution in [2.24, 2.45) is 0 Å². The van der Waals surface area contributed by atoms with Crippen molar-refractivity contribution < 1.29 is 4.74 Å². The van der Waals surface area contributed by atoms with Crippen molar-refractivity contribution in [3.05, 3.63) is 22.3 Å². The summed E-state index contributed by atoms with van der Waals surface area (Å²) >= 11 is 0. The van der Waals surface area contributed by atoms with Crippen LogP contribution in [0.15, 0.2) is 6.07 Å². The predicted molar refractivity (Wildman–Crippen MR) is 56.9 cm³/mol. The first-order valence-corrected chi connectivity index (χ1v) is 4.59. The van der Waals surface area contributed by atoms with E-state index in [-0.39, 0.29) is 0 Å². The van der Waals surface area contributed by atoms with E-state index in [4.69, 9.17) is 10.1 Å². The first-order valence-electron chi connectivity index (χ1n) is 4.59. The van der Waals surface area contributed by atoms with Gasteiger partial charge >= 0.3 is 0 Å². The Bertz CT molecular complexity index is 498. The van der Waals surface area contributed by atoms with Crippen LogP contribution in [0.1, 0.15) is 12.6 Å². The summed E-state index contributed by atoms with van der Waals surface area (Å²) in [6, 6.07) is 2.04. The van der Waals surface area contributed by atoms with Gasteiger partial charge in [-0.3, -0.25) is 0 Å². The van der Waals surface area contributed by atoms with Gasteiger partial charge in [-0.1, -0.05) is 0 Å². The average molecular weight is 190 g/mol. The summed E-state index contributed by atoms with van der Waals surface area (Å²) in [7, 11) is 1.62. The number of hydrogen-bond donors (Lipinski definition) is 2. The Morgan fingerprint density at radius 2 is 2.21 bits per heavy atom. The number of rotatable bonds is 1. The molecule has 0 aromatic carbocycles. The molecule has 1 aromatic heterocycles. The van der Waals surface area contributed by atoms with E-state index >= 15 is 0 Å². The molecule has 2 rings (SSSR count). The predicted octanol–water partition coefficient (Wildman–Crippen LogP) is 0.323. The molecule has 1 heterocycles. The SMILES string of the molecule is COC1(C)C=c2[nH]c(C)cc2=CC1=N. The zero-order chi connectivity index (χ0) is 10.3. The van der Waals surface area contributed by atoms with Crippen molar-refractivity contribution >= 4 is 17.9 Å². The van der Waals surface area contributed by atoms with E-state index in [1.165, 1.54) is 0 Å². The third-order valence-electron chi connectivity index (χ3n) is 2.69. The molecule has 14 heavy (non-hydrogen) atoms. The molecule has 1 aromatic rings. The van der Waals surface area contributed by atoms with Gasteiger partial charge in [0.25, 0.3) is 0 Å². The first kappa shape index (κ1) is 9.21. The van der Waals surface area contributed by atoms with Gasteiger partial charge < -0.3 is 15.1 Å². The molecule has 74 valence electrons. The molecule has 2 N–H and O–H groups in total. The summed E-state index contributed by atoms with van der Waals surface area (Å²) < 4.78 is 5.33. The molecule has 0 aliphatic heterocycles. The van der Waals surface area contributed by atoms with E-state index in [9.17, 15) is 0 Å². The highest BCUT2D eigenvalue weighted by molar-refractivity contribution is 6.17. The smallest absolute Gasteiger partial charge is 0.126 e. The molecule has 3 nitrogen and oxygen atoms in total. The van der Waals surface area contributed by atoms with Crippen LogP contribution in [-0.2, 0) is 4.74 Å². The normalized spacial score (nSPS) is 25.2. The molecule has 3 heteroatoms. The van der Waals surface area contributed by atoms with E-state index in [1.54, 1.807) is 7.11 Å². The minimum absolute atomic E-state index is 0.492. The Balaban J connectivity index is 2.72. The Morgan fingerprint density at radius 3 is 2.86 bits per heavy atom. The fourth-order valence-electron chi connectivity index (χ4n) is 1.69. The largest absolute Gasteiger partial charge is 0.368 e. The second-order valence-electron chi connectivity index (χ2n) is 3.83. The molecule has 1 aliphatic rings. The van der Waals surface area contributed by atoms with Crippen LogP contribution in [0.2, 0.25) is 0 Å². The third-order valence-corrected chi connectivity index (χ3v) is 2.69. The van der Waals surface area contributed by atoms with Crippen LogP contribution in [0.5, 0.6) is 0 Å². The van der Waals surface area contributed by atoms with Crippen LogP contribution in [0.25, 0.3) is 12.2 Å². The Morgan fingerprint density at radius 1 is 1.50 bits per heavy atom. The Labute approximate surface area is 82.6 Å². The second kappa shape index (κ2) is 2.82. The van der Waals surface area contributed by atoms with Crippen LogP contribution < -0.4 is 10.6 Å². The fraction of sp³-hybridized carbons (Fsp3) is 0.364. The minimum atomic E-state index is -0.593. The zero-order valence-electron chi connectivity index (χ0n) is 8.64. The molecule has 0 saturated heterocycles. The number of aromatic amines is 1. The summed E-state index contributed by atoms with van der Waals surface area (Å²) in [6.45, 7) is 3.90. The fourth-order valence-corrected chi connectivity index (χ4v) is 1.69. The van der Waals surface area contributed by atoms with Gasteiger partial charge in [0.2, 0.25) is 0 Å². The molecule has 0 saturated carbocycles. The average Bonchev–Trinajstić information content (AvgIpc) is 2.45. The van der Waals surface area contributed by atoms with E-state index < -0.39 is 5.60 Å². The standard InChI is InChI=1S/C11H14N2O/c1-7-4-8-5-10(12)11(2,14-3)6-9(8)13-7/h4-6,12-13H,1-3H3. The van der Waals surface area contributed by atoms with Gasteiger partial charge in [0.1, 0.15) is 5.60 Å². The molecule has 1 aliphatic carbocycles. The van der Waals surface area contributed by atoms with Crippen LogP contribution in [0.4, 0.5) is 0 Å². The summed E-state index contributed by atoms with van der Waals surface area (Å²) in [5.74, 6) is 0. The maximum Gasteiger partial charge on any atom is 0.126 e. The number of aromatic nitrogens is 1. The Hall–Kier alpha value is -1.35. The lowest BCUT2D eigenvalue weighted by molar-refractivity contribution is 0.120. The van der Waals surface area contributed by atoms with E-state index in [0.29, 0.717) is 5.71 Å². The van der Waals surface area contributed by atoms with Crippen LogP contribution in [0, 0.1) is 12.3 Å². The number of aryl methyl sites for hydroxylation is 1. The third kappa shape index (κ3) is 1.21. The molecule has 0 bridgehead atoms. The van der Waals surface area contributed by atoms with Gasteiger partial charge in [-0.2, -0.15) is 0 Å². The van der Waals surface area contributed by atoms with E-state index in [0.717, 1.165) is 16.3 Å². The molecular formula is C11H14N2O. The van der Waals surface area contributed by atoms with Crippen LogP contribution >= 0.6 is 0 Å². The molecule has 0 spiro atoms. The lowest BCUT2D eigenvalue weighted by atomic mass is 9.95. The zero-order valence-corrected chi connectivity index (χ0v) is 8.64. The molecule has 0 fully saturated rings. The van der Waals surface area contributed by atoms with Gasteiger partial charge in [-0.05, 0) is 32.1 Å². The molecule has 0 radical (unpaired) electrons. The number of ether oxygens (including phenoxy) is 1. The quantitative estimate of drug-likeness (QED) is 0.658. The van der Waals surface area contributed by atoms with Gasteiger partial charge in [-0.25, -0.2) is 0 Å². The topological polar surface area (TPSA) is 48.9 Å². The summed E-state index contributed by atoms with van der Waals surface area (Å²) in [6.07, 6.45) is 3.81. The number of nitrogens with one attached hydrogen (secondary N) is 2. The van der Waals surface area contributed by atoms with Crippen LogP contribution in [-0.4, -0.2) is 23.4 Å². The minimum Gasteiger partial charge on any atom is -0.368 e. The number of hydrogen-bond acceptors (Lipinski definition) is 2. The van der Waals surface area contributed by atoms with E-state index in [2.05, 4.69) is 4.98 Å². The molecule has 1 atom stereocenters. The lowest BCUT2D eigenvalue weighted by Gasteiger charge is -2.25. The van der Waals surface area contributed by atoms with Crippen molar-refractivity contribution in [3.8, 4) is 0 Å². The first-order chi connectivity index (χ1) is 6.55. The monoisotopic (exact) mass is 190 g/mol. The highest BCUT2D eigenvalue weighted by Gasteiger charge is 2.27. The van der Waals surface area contributed by atoms with Gasteiger partial charge in [0.15, 0.2) is 0 Å². The van der Waals surface area contributed by atoms with Crippen molar-refractivity contribution in [2.45, 2.75) is 19.4 Å². The maximum atomic E-state index is 7.86. The highest BCUT2D eigenvalue weighted by atomic mass is 16.5.